The van der Waals surface area contributed by atoms with Gasteiger partial charge in [0.05, 0.1) is 11.1 Å². The third kappa shape index (κ3) is 6.10. The van der Waals surface area contributed by atoms with Crippen molar-refractivity contribution >= 4 is 56.2 Å². The largest absolute Gasteiger partial charge is 0.425 e. The van der Waals surface area contributed by atoms with Crippen LogP contribution < -0.4 is 20.3 Å². The van der Waals surface area contributed by atoms with Crippen molar-refractivity contribution in [2.24, 2.45) is 0 Å². The number of thiophene rings is 2. The second-order valence-electron chi connectivity index (χ2n) is 10.5. The second kappa shape index (κ2) is 13.6. The Balaban J connectivity index is 1.63. The molecular formula is C34H34O6S2. The molecule has 8 heteroatoms. The van der Waals surface area contributed by atoms with E-state index in [-0.39, 0.29) is 35.2 Å². The smallest absolute Gasteiger partial charge is 0.311 e. The lowest BCUT2D eigenvalue weighted by Crippen LogP contribution is -2.09. The summed E-state index contributed by atoms with van der Waals surface area (Å²) in [7, 11) is 0. The molecule has 0 N–H and O–H groups in total. The Hall–Kier alpha value is -3.62. The van der Waals surface area contributed by atoms with Crippen LogP contribution in [0.5, 0.6) is 11.5 Å². The molecule has 0 bridgehead atoms. The van der Waals surface area contributed by atoms with Crippen molar-refractivity contribution in [3.8, 4) is 32.4 Å². The monoisotopic (exact) mass is 602 g/mol. The van der Waals surface area contributed by atoms with Gasteiger partial charge in [0.25, 0.3) is 0 Å². The second-order valence-corrected chi connectivity index (χ2v) is 12.4. The first-order valence-corrected chi connectivity index (χ1v) is 16.5. The first kappa shape index (κ1) is 29.9. The molecule has 2 heterocycles. The molecule has 42 heavy (non-hydrogen) atoms. The molecular weight excluding hydrogens is 569 g/mol. The van der Waals surface area contributed by atoms with E-state index in [1.165, 1.54) is 22.7 Å². The predicted octanol–water partition coefficient (Wildman–Crippen LogP) is 8.80. The van der Waals surface area contributed by atoms with Crippen molar-refractivity contribution in [1.29, 1.82) is 0 Å². The summed E-state index contributed by atoms with van der Waals surface area (Å²) in [6, 6.07) is 10.6. The summed E-state index contributed by atoms with van der Waals surface area (Å²) in [5.41, 5.74) is 0.0579. The van der Waals surface area contributed by atoms with Crippen LogP contribution >= 0.6 is 22.7 Å². The van der Waals surface area contributed by atoms with Gasteiger partial charge in [-0.15, -0.1) is 22.7 Å². The number of benzene rings is 1. The highest BCUT2D eigenvalue weighted by molar-refractivity contribution is 7.13. The minimum atomic E-state index is -0.405. The van der Waals surface area contributed by atoms with Crippen LogP contribution in [-0.2, 0) is 9.59 Å². The zero-order chi connectivity index (χ0) is 29.6. The number of fused-ring (bicyclic) bond motifs is 2. The highest BCUT2D eigenvalue weighted by Crippen LogP contribution is 2.44. The van der Waals surface area contributed by atoms with Gasteiger partial charge < -0.3 is 9.47 Å². The van der Waals surface area contributed by atoms with Gasteiger partial charge in [0.1, 0.15) is 0 Å². The maximum absolute atomic E-state index is 13.9. The van der Waals surface area contributed by atoms with Crippen LogP contribution in [0.4, 0.5) is 0 Å². The molecule has 0 aliphatic heterocycles. The van der Waals surface area contributed by atoms with Gasteiger partial charge in [0.2, 0.25) is 0 Å². The van der Waals surface area contributed by atoms with Crippen LogP contribution in [0.15, 0.2) is 56.7 Å². The fraction of sp³-hybridized carbons (Fsp3) is 0.353. The van der Waals surface area contributed by atoms with E-state index in [4.69, 9.17) is 9.47 Å². The van der Waals surface area contributed by atoms with Crippen LogP contribution in [0.2, 0.25) is 0 Å². The van der Waals surface area contributed by atoms with E-state index in [0.717, 1.165) is 38.5 Å². The Kier molecular flexibility index (Phi) is 9.65. The first-order chi connectivity index (χ1) is 20.4. The normalized spacial score (nSPS) is 11.5. The van der Waals surface area contributed by atoms with Crippen molar-refractivity contribution < 1.29 is 19.1 Å². The highest BCUT2D eigenvalue weighted by atomic mass is 32.1. The van der Waals surface area contributed by atoms with Gasteiger partial charge in [-0.3, -0.25) is 19.2 Å². The number of carbonyl (C=O) groups excluding carboxylic acids is 2. The quantitative estimate of drug-likeness (QED) is 0.0933. The van der Waals surface area contributed by atoms with Gasteiger partial charge in [-0.1, -0.05) is 64.5 Å². The summed E-state index contributed by atoms with van der Waals surface area (Å²) in [5.74, 6) is -0.435. The standard InChI is InChI=1S/C34H34O6S2/c1-3-5-7-9-15-27(35)39-33-23-19-22-24(20-21(23)31(37)29(33)25-13-11-17-41-25)34(40-28(36)16-10-8-6-4-2)30(32(22)38)26-14-12-18-42-26/h11-14,17-20H,3-10,15-16H2,1-2H3. The van der Waals surface area contributed by atoms with E-state index in [0.29, 0.717) is 55.3 Å². The molecule has 0 spiro atoms. The average Bonchev–Trinajstić information content (AvgIpc) is 3.78. The van der Waals surface area contributed by atoms with Gasteiger partial charge in [0.15, 0.2) is 22.4 Å². The lowest BCUT2D eigenvalue weighted by molar-refractivity contribution is -0.135. The summed E-state index contributed by atoms with van der Waals surface area (Å²) in [4.78, 5) is 54.9. The predicted molar refractivity (Wildman–Crippen MR) is 172 cm³/mol. The number of carbonyl (C=O) groups is 2. The van der Waals surface area contributed by atoms with Gasteiger partial charge in [-0.2, -0.15) is 0 Å². The van der Waals surface area contributed by atoms with E-state index in [2.05, 4.69) is 13.8 Å². The van der Waals surface area contributed by atoms with E-state index in [9.17, 15) is 19.2 Å². The molecule has 6 nitrogen and oxygen atoms in total. The Labute approximate surface area is 252 Å². The molecule has 218 valence electrons. The molecule has 0 radical (unpaired) electrons. The van der Waals surface area contributed by atoms with Crippen LogP contribution in [0.1, 0.15) is 78.1 Å². The molecule has 5 rings (SSSR count). The van der Waals surface area contributed by atoms with E-state index in [1.807, 2.05) is 35.0 Å². The van der Waals surface area contributed by atoms with Gasteiger partial charge in [-0.25, -0.2) is 0 Å². The van der Waals surface area contributed by atoms with Gasteiger partial charge >= 0.3 is 11.9 Å². The molecule has 0 aliphatic rings. The summed E-state index contributed by atoms with van der Waals surface area (Å²) < 4.78 is 11.8. The minimum absolute atomic E-state index is 0.188. The highest BCUT2D eigenvalue weighted by Gasteiger charge is 2.28. The molecule has 5 aromatic rings. The Morgan fingerprint density at radius 3 is 1.40 bits per heavy atom. The number of hydrogen-bond acceptors (Lipinski definition) is 8. The summed E-state index contributed by atoms with van der Waals surface area (Å²) >= 11 is 2.77. The number of ether oxygens (including phenoxy) is 2. The number of esters is 2. The maximum Gasteiger partial charge on any atom is 0.311 e. The number of rotatable bonds is 14. The van der Waals surface area contributed by atoms with Crippen molar-refractivity contribution in [3.05, 3.63) is 67.6 Å². The van der Waals surface area contributed by atoms with Crippen LogP contribution in [0.3, 0.4) is 0 Å². The summed E-state index contributed by atoms with van der Waals surface area (Å²) in [6.45, 7) is 4.21. The molecule has 3 aromatic carbocycles. The Morgan fingerprint density at radius 2 is 1.05 bits per heavy atom. The molecule has 0 saturated heterocycles. The molecule has 0 aliphatic carbocycles. The minimum Gasteiger partial charge on any atom is -0.425 e. The average molecular weight is 603 g/mol. The number of hydrogen-bond donors (Lipinski definition) is 0. The molecule has 0 atom stereocenters. The summed E-state index contributed by atoms with van der Waals surface area (Å²) in [5, 5.41) is 5.19. The van der Waals surface area contributed by atoms with Gasteiger partial charge in [-0.05, 0) is 47.9 Å². The maximum atomic E-state index is 13.9. The third-order valence-electron chi connectivity index (χ3n) is 7.48. The zero-order valence-corrected chi connectivity index (χ0v) is 25.6. The molecule has 0 amide bonds. The fourth-order valence-corrected chi connectivity index (χ4v) is 6.85. The topological polar surface area (TPSA) is 86.7 Å². The van der Waals surface area contributed by atoms with Crippen LogP contribution in [0, 0.1) is 0 Å². The van der Waals surface area contributed by atoms with Crippen molar-refractivity contribution in [2.45, 2.75) is 78.1 Å². The van der Waals surface area contributed by atoms with Crippen LogP contribution in [-0.4, -0.2) is 11.9 Å². The lowest BCUT2D eigenvalue weighted by atomic mass is 10.1. The van der Waals surface area contributed by atoms with Crippen LogP contribution in [0.25, 0.3) is 42.4 Å². The first-order valence-electron chi connectivity index (χ1n) is 14.7. The molecule has 0 fully saturated rings. The third-order valence-corrected chi connectivity index (χ3v) is 9.26. The lowest BCUT2D eigenvalue weighted by Gasteiger charge is -2.07. The SMILES string of the molecule is CCCCCCC(=O)Oc1c(-c2cccs2)c(=O)c2cc3c(OC(=O)CCCCCC)c(-c4cccs4)c(=O)c3cc12. The van der Waals surface area contributed by atoms with E-state index >= 15 is 0 Å². The molecule has 2 aromatic heterocycles. The Morgan fingerprint density at radius 1 is 0.619 bits per heavy atom. The van der Waals surface area contributed by atoms with E-state index in [1.54, 1.807) is 12.1 Å². The van der Waals surface area contributed by atoms with Crippen molar-refractivity contribution in [2.75, 3.05) is 0 Å². The zero-order valence-electron chi connectivity index (χ0n) is 24.0. The fourth-order valence-electron chi connectivity index (χ4n) is 5.32. The van der Waals surface area contributed by atoms with E-state index < -0.39 is 11.9 Å². The Bertz CT molecular complexity index is 1640. The van der Waals surface area contributed by atoms with Gasteiger partial charge in [0, 0.05) is 44.1 Å². The van der Waals surface area contributed by atoms with Crippen molar-refractivity contribution in [3.63, 3.8) is 0 Å². The number of unbranched alkanes of at least 4 members (excludes halogenated alkanes) is 6. The molecule has 0 saturated carbocycles. The van der Waals surface area contributed by atoms with Crippen molar-refractivity contribution in [1.82, 2.24) is 0 Å². The summed E-state index contributed by atoms with van der Waals surface area (Å²) in [6.07, 6.45) is 7.96. The molecule has 0 unspecified atom stereocenters.